The lowest BCUT2D eigenvalue weighted by molar-refractivity contribution is -0.462. The minimum absolute atomic E-state index is 0.0763. The van der Waals surface area contributed by atoms with E-state index in [9.17, 15) is 0 Å². The van der Waals surface area contributed by atoms with E-state index in [0.717, 1.165) is 0 Å². The maximum atomic E-state index is 8.84. The number of hydrogen-bond donors (Lipinski definition) is 0. The molecule has 0 amide bonds. The van der Waals surface area contributed by atoms with Crippen LogP contribution in [0.2, 0.25) is 0 Å². The molecule has 126 valence electrons. The highest BCUT2D eigenvalue weighted by Crippen LogP contribution is 2.44. The molecular formula is C24H21N2+. The molecule has 5 rings (SSSR count). The van der Waals surface area contributed by atoms with Gasteiger partial charge in [-0.15, -0.1) is 0 Å². The number of benzene rings is 3. The molecule has 0 N–H and O–H groups in total. The molecule has 1 aliphatic carbocycles. The second kappa shape index (κ2) is 5.50. The second-order valence-electron chi connectivity index (χ2n) is 6.46. The van der Waals surface area contributed by atoms with Gasteiger partial charge >= 0.3 is 0 Å². The Morgan fingerprint density at radius 2 is 1.69 bits per heavy atom. The zero-order valence-electron chi connectivity index (χ0n) is 24.5. The number of nitrogens with zero attached hydrogens (tertiary/aromatic N) is 2. The van der Waals surface area contributed by atoms with Crippen LogP contribution in [0.3, 0.4) is 0 Å². The summed E-state index contributed by atoms with van der Waals surface area (Å²) < 4.78 is 86.2. The van der Waals surface area contributed by atoms with Gasteiger partial charge in [0, 0.05) is 11.1 Å². The molecule has 1 heterocycles. The number of hydrogen-bond acceptors (Lipinski definition) is 1. The van der Waals surface area contributed by atoms with E-state index in [4.69, 9.17) is 13.7 Å². The van der Waals surface area contributed by atoms with Crippen molar-refractivity contribution in [3.8, 4) is 11.1 Å². The molecule has 26 heavy (non-hydrogen) atoms. The zero-order valence-corrected chi connectivity index (χ0v) is 14.5. The van der Waals surface area contributed by atoms with Crippen LogP contribution in [0.15, 0.2) is 65.4 Å². The van der Waals surface area contributed by atoms with Gasteiger partial charge in [-0.1, -0.05) is 66.0 Å². The van der Waals surface area contributed by atoms with E-state index in [2.05, 4.69) is 4.99 Å². The molecule has 1 unspecified atom stereocenters. The predicted octanol–water partition coefficient (Wildman–Crippen LogP) is 5.51. The average Bonchev–Trinajstić information content (AvgIpc) is 3.18. The summed E-state index contributed by atoms with van der Waals surface area (Å²) in [5, 5.41) is 0. The van der Waals surface area contributed by atoms with Crippen molar-refractivity contribution >= 4 is 17.7 Å². The van der Waals surface area contributed by atoms with Gasteiger partial charge in [-0.3, -0.25) is 0 Å². The molecule has 0 fully saturated rings. The van der Waals surface area contributed by atoms with Crippen molar-refractivity contribution in [3.63, 3.8) is 0 Å². The standard InChI is InChI=1S/C24H21N2/c1-15-11-12-20-21(13-15)18-9-4-5-10-19(18)22-24(20)26(14-25-22)23-16(2)7-6-8-17(23)3/h4-14,24H,1-3H3/q+1/i4D,5D,6D,7D,8D,9D,11D,12D,13D,14D. The first-order valence-electron chi connectivity index (χ1n) is 13.3. The summed E-state index contributed by atoms with van der Waals surface area (Å²) in [6.07, 6.45) is -0.262. The van der Waals surface area contributed by atoms with Crippen molar-refractivity contribution in [3.05, 3.63) is 88.3 Å². The molecule has 1 aliphatic heterocycles. The Morgan fingerprint density at radius 3 is 2.50 bits per heavy atom. The Balaban J connectivity index is 1.96. The lowest BCUT2D eigenvalue weighted by atomic mass is 9.80. The monoisotopic (exact) mass is 347 g/mol. The Labute approximate surface area is 168 Å². The summed E-state index contributed by atoms with van der Waals surface area (Å²) in [7, 11) is 0. The fourth-order valence-electron chi connectivity index (χ4n) is 3.64. The summed E-state index contributed by atoms with van der Waals surface area (Å²) in [5.74, 6) is 0. The first-order chi connectivity index (χ1) is 16.8. The van der Waals surface area contributed by atoms with Gasteiger partial charge in [0.2, 0.25) is 5.71 Å². The lowest BCUT2D eigenvalue weighted by Crippen LogP contribution is -2.25. The maximum Gasteiger partial charge on any atom is 0.288 e. The molecular weight excluding hydrogens is 316 g/mol. The van der Waals surface area contributed by atoms with E-state index in [1.807, 2.05) is 0 Å². The van der Waals surface area contributed by atoms with Crippen LogP contribution in [0.5, 0.6) is 0 Å². The highest BCUT2D eigenvalue weighted by Gasteiger charge is 2.42. The SMILES string of the molecule is [2H]C1=[N+](c2c(C)c([2H])c([2H])c([2H])c2C)C2C(=N1)c1cc([2H])c([2H])c([2H])c1-c1c([2H])c(C)c([2H])c([2H])c12. The zero-order chi connectivity index (χ0) is 26.5. The van der Waals surface area contributed by atoms with Crippen LogP contribution < -0.4 is 0 Å². The van der Waals surface area contributed by atoms with Crippen LogP contribution in [0.1, 0.15) is 47.6 Å². The van der Waals surface area contributed by atoms with Crippen LogP contribution in [-0.4, -0.2) is 16.6 Å². The summed E-state index contributed by atoms with van der Waals surface area (Å²) in [6.45, 7) is 4.78. The fourth-order valence-corrected chi connectivity index (χ4v) is 3.64. The Kier molecular flexibility index (Phi) is 1.72. The molecule has 0 bridgehead atoms. The summed E-state index contributed by atoms with van der Waals surface area (Å²) in [5.41, 5.74) is 2.35. The van der Waals surface area contributed by atoms with Gasteiger partial charge in [-0.25, -0.2) is 4.58 Å². The number of para-hydroxylation sites is 1. The van der Waals surface area contributed by atoms with Crippen molar-refractivity contribution in [1.29, 1.82) is 0 Å². The van der Waals surface area contributed by atoms with Crippen LogP contribution in [-0.2, 0) is 0 Å². The third-order valence-corrected chi connectivity index (χ3v) is 4.76. The van der Waals surface area contributed by atoms with E-state index in [1.54, 1.807) is 20.8 Å². The fraction of sp³-hybridized carbons (Fsp3) is 0.167. The molecule has 0 saturated heterocycles. The van der Waals surface area contributed by atoms with Gasteiger partial charge < -0.3 is 0 Å². The highest BCUT2D eigenvalue weighted by molar-refractivity contribution is 6.15. The Hall–Kier alpha value is -3.00. The highest BCUT2D eigenvalue weighted by atomic mass is 15.2. The maximum absolute atomic E-state index is 8.84. The number of amidine groups is 1. The average molecular weight is 348 g/mol. The van der Waals surface area contributed by atoms with Crippen LogP contribution in [0, 0.1) is 20.8 Å². The minimum Gasteiger partial charge on any atom is -0.215 e. The number of aliphatic imine (C=N–C) groups is 1. The van der Waals surface area contributed by atoms with E-state index in [0.29, 0.717) is 22.4 Å². The molecule has 3 aromatic carbocycles. The third kappa shape index (κ3) is 2.05. The molecule has 0 spiro atoms. The minimum atomic E-state index is -0.982. The second-order valence-corrected chi connectivity index (χ2v) is 6.46. The van der Waals surface area contributed by atoms with Gasteiger partial charge in [0.15, 0.2) is 7.41 Å². The number of fused-ring (bicyclic) bond motifs is 6. The van der Waals surface area contributed by atoms with Gasteiger partial charge in [-0.05, 0) is 48.0 Å². The van der Waals surface area contributed by atoms with E-state index >= 15 is 0 Å². The summed E-state index contributed by atoms with van der Waals surface area (Å²) in [6, 6.07) is -1.47. The Morgan fingerprint density at radius 1 is 0.885 bits per heavy atom. The molecule has 2 nitrogen and oxygen atoms in total. The molecule has 1 atom stereocenters. The van der Waals surface area contributed by atoms with Crippen molar-refractivity contribution in [2.75, 3.05) is 0 Å². The molecule has 2 aliphatic rings. The normalized spacial score (nSPS) is 22.9. The number of rotatable bonds is 1. The Bertz CT molecular complexity index is 1590. The van der Waals surface area contributed by atoms with Crippen molar-refractivity contribution in [2.45, 2.75) is 26.8 Å². The molecule has 3 aromatic rings. The largest absolute Gasteiger partial charge is 0.288 e. The smallest absolute Gasteiger partial charge is 0.215 e. The molecule has 0 saturated carbocycles. The first-order valence-corrected chi connectivity index (χ1v) is 8.31. The predicted molar refractivity (Wildman–Crippen MR) is 108 cm³/mol. The van der Waals surface area contributed by atoms with Gasteiger partial charge in [0.25, 0.3) is 6.31 Å². The molecule has 0 aromatic heterocycles. The topological polar surface area (TPSA) is 15.4 Å². The quantitative estimate of drug-likeness (QED) is 0.516. The lowest BCUT2D eigenvalue weighted by Gasteiger charge is -2.26. The first kappa shape index (κ1) is 8.13. The van der Waals surface area contributed by atoms with Crippen molar-refractivity contribution in [2.24, 2.45) is 4.99 Å². The van der Waals surface area contributed by atoms with Gasteiger partial charge in [0.1, 0.15) is 5.69 Å². The van der Waals surface area contributed by atoms with Gasteiger partial charge in [-0.2, -0.15) is 0 Å². The van der Waals surface area contributed by atoms with Crippen LogP contribution >= 0.6 is 0 Å². The van der Waals surface area contributed by atoms with Crippen LogP contribution in [0.25, 0.3) is 11.1 Å². The van der Waals surface area contributed by atoms with Crippen molar-refractivity contribution in [1.82, 2.24) is 0 Å². The van der Waals surface area contributed by atoms with Gasteiger partial charge in [0.05, 0.1) is 12.3 Å². The summed E-state index contributed by atoms with van der Waals surface area (Å²) in [4.78, 5) is 4.43. The summed E-state index contributed by atoms with van der Waals surface area (Å²) >= 11 is 0. The van der Waals surface area contributed by atoms with E-state index < -0.39 is 6.04 Å². The molecule has 2 heteroatoms. The van der Waals surface area contributed by atoms with E-state index in [1.165, 1.54) is 10.6 Å². The van der Waals surface area contributed by atoms with Crippen molar-refractivity contribution < 1.29 is 18.3 Å². The van der Waals surface area contributed by atoms with Crippen LogP contribution in [0.4, 0.5) is 5.69 Å². The third-order valence-electron chi connectivity index (χ3n) is 4.76. The van der Waals surface area contributed by atoms with E-state index in [-0.39, 0.29) is 88.7 Å². The molecule has 0 radical (unpaired) electrons.